The van der Waals surface area contributed by atoms with Crippen LogP contribution in [-0.4, -0.2) is 12.1 Å². The summed E-state index contributed by atoms with van der Waals surface area (Å²) >= 11 is 0. The summed E-state index contributed by atoms with van der Waals surface area (Å²) < 4.78 is 0. The van der Waals surface area contributed by atoms with Crippen molar-refractivity contribution in [3.05, 3.63) is 35.9 Å². The predicted octanol–water partition coefficient (Wildman–Crippen LogP) is 4.10. The minimum absolute atomic E-state index is 0.549. The lowest BCUT2D eigenvalue weighted by Gasteiger charge is -2.35. The van der Waals surface area contributed by atoms with Crippen LogP contribution in [0.5, 0.6) is 0 Å². The molecule has 1 aromatic carbocycles. The molecule has 0 aromatic heterocycles. The lowest BCUT2D eigenvalue weighted by Crippen LogP contribution is -2.38. The molecule has 0 heterocycles. The summed E-state index contributed by atoms with van der Waals surface area (Å²) in [6.45, 7) is 4.84. The molecule has 1 aromatic rings. The highest BCUT2D eigenvalue weighted by atomic mass is 15.0. The van der Waals surface area contributed by atoms with E-state index >= 15 is 0 Å². The average Bonchev–Trinajstić information content (AvgIpc) is 3.08. The lowest BCUT2D eigenvalue weighted by molar-refractivity contribution is 0.197. The molecule has 1 N–H and O–H groups in total. The van der Waals surface area contributed by atoms with Crippen molar-refractivity contribution in [2.75, 3.05) is 0 Å². The summed E-state index contributed by atoms with van der Waals surface area (Å²) in [5.41, 5.74) is 2.07. The van der Waals surface area contributed by atoms with Gasteiger partial charge in [0, 0.05) is 18.0 Å². The highest BCUT2D eigenvalue weighted by molar-refractivity contribution is 5.27. The second-order valence-electron chi connectivity index (χ2n) is 6.98. The van der Waals surface area contributed by atoms with Gasteiger partial charge in [0.1, 0.15) is 0 Å². The van der Waals surface area contributed by atoms with Crippen LogP contribution >= 0.6 is 0 Å². The van der Waals surface area contributed by atoms with E-state index in [1.54, 1.807) is 0 Å². The van der Waals surface area contributed by atoms with Gasteiger partial charge < -0.3 is 5.32 Å². The molecule has 2 fully saturated rings. The van der Waals surface area contributed by atoms with Crippen molar-refractivity contribution in [3.8, 4) is 0 Å². The van der Waals surface area contributed by atoms with Gasteiger partial charge in [0.25, 0.3) is 0 Å². The van der Waals surface area contributed by atoms with Gasteiger partial charge in [-0.15, -0.1) is 0 Å². The highest BCUT2D eigenvalue weighted by Crippen LogP contribution is 2.43. The smallest absolute Gasteiger partial charge is 0.0145 e. The van der Waals surface area contributed by atoms with E-state index in [-0.39, 0.29) is 0 Å². The van der Waals surface area contributed by atoms with E-state index in [1.807, 2.05) is 0 Å². The van der Waals surface area contributed by atoms with Gasteiger partial charge in [0.2, 0.25) is 0 Å². The Balaban J connectivity index is 1.54. The summed E-state index contributed by atoms with van der Waals surface area (Å²) in [6, 6.07) is 12.5. The fourth-order valence-electron chi connectivity index (χ4n) is 3.59. The van der Waals surface area contributed by atoms with E-state index in [9.17, 15) is 0 Å². The summed E-state index contributed by atoms with van der Waals surface area (Å²) in [5.74, 6) is 0.774. The molecule has 2 saturated carbocycles. The predicted molar refractivity (Wildman–Crippen MR) is 76.8 cm³/mol. The van der Waals surface area contributed by atoms with Crippen molar-refractivity contribution in [1.29, 1.82) is 0 Å². The van der Waals surface area contributed by atoms with Gasteiger partial charge in [-0.05, 0) is 36.7 Å². The van der Waals surface area contributed by atoms with Crippen molar-refractivity contribution in [2.45, 2.75) is 64.0 Å². The second kappa shape index (κ2) is 4.70. The third kappa shape index (κ3) is 2.77. The maximum absolute atomic E-state index is 3.90. The first-order valence-electron chi connectivity index (χ1n) is 7.45. The van der Waals surface area contributed by atoms with Crippen LogP contribution in [0, 0.1) is 5.41 Å². The zero-order valence-corrected chi connectivity index (χ0v) is 11.7. The number of hydrogen-bond donors (Lipinski definition) is 1. The standard InChI is InChI=1S/C17H25N/c1-17(2)10-6-9-14(12-17)18-16-11-15(16)13-7-4-3-5-8-13/h3-5,7-8,14-16,18H,6,9-12H2,1-2H3. The Labute approximate surface area is 111 Å². The summed E-state index contributed by atoms with van der Waals surface area (Å²) in [7, 11) is 0. The molecule has 98 valence electrons. The van der Waals surface area contributed by atoms with Crippen molar-refractivity contribution in [3.63, 3.8) is 0 Å². The fraction of sp³-hybridized carbons (Fsp3) is 0.647. The van der Waals surface area contributed by atoms with Crippen molar-refractivity contribution in [1.82, 2.24) is 5.32 Å². The number of hydrogen-bond acceptors (Lipinski definition) is 1. The minimum Gasteiger partial charge on any atom is -0.311 e. The normalized spacial score (nSPS) is 34.2. The van der Waals surface area contributed by atoms with Gasteiger partial charge in [-0.25, -0.2) is 0 Å². The second-order valence-corrected chi connectivity index (χ2v) is 6.98. The van der Waals surface area contributed by atoms with Crippen LogP contribution < -0.4 is 5.32 Å². The summed E-state index contributed by atoms with van der Waals surface area (Å²) in [6.07, 6.45) is 6.86. The first-order chi connectivity index (χ1) is 8.64. The number of rotatable bonds is 3. The van der Waals surface area contributed by atoms with Gasteiger partial charge >= 0.3 is 0 Å². The molecule has 0 amide bonds. The molecule has 3 atom stereocenters. The molecule has 0 aliphatic heterocycles. The van der Waals surface area contributed by atoms with Crippen LogP contribution in [-0.2, 0) is 0 Å². The molecule has 18 heavy (non-hydrogen) atoms. The van der Waals surface area contributed by atoms with Gasteiger partial charge in [-0.1, -0.05) is 50.6 Å². The fourth-order valence-corrected chi connectivity index (χ4v) is 3.59. The van der Waals surface area contributed by atoms with Crippen LogP contribution in [0.25, 0.3) is 0 Å². The lowest BCUT2D eigenvalue weighted by atomic mass is 9.75. The SMILES string of the molecule is CC1(C)CCCC(NC2CC2c2ccccc2)C1. The molecule has 3 rings (SSSR count). The van der Waals surface area contributed by atoms with Crippen molar-refractivity contribution < 1.29 is 0 Å². The van der Waals surface area contributed by atoms with Crippen LogP contribution in [0.1, 0.15) is 57.4 Å². The number of benzene rings is 1. The minimum atomic E-state index is 0.549. The first kappa shape index (κ1) is 12.2. The third-order valence-corrected chi connectivity index (χ3v) is 4.67. The average molecular weight is 243 g/mol. The van der Waals surface area contributed by atoms with Crippen LogP contribution in [0.3, 0.4) is 0 Å². The van der Waals surface area contributed by atoms with Gasteiger partial charge in [0.15, 0.2) is 0 Å². The highest BCUT2D eigenvalue weighted by Gasteiger charge is 2.40. The van der Waals surface area contributed by atoms with Crippen LogP contribution in [0.2, 0.25) is 0 Å². The van der Waals surface area contributed by atoms with Gasteiger partial charge in [-0.3, -0.25) is 0 Å². The number of nitrogens with one attached hydrogen (secondary N) is 1. The monoisotopic (exact) mass is 243 g/mol. The molecule has 2 aliphatic carbocycles. The Morgan fingerprint density at radius 3 is 2.67 bits per heavy atom. The maximum Gasteiger partial charge on any atom is 0.0145 e. The quantitative estimate of drug-likeness (QED) is 0.842. The Morgan fingerprint density at radius 1 is 1.17 bits per heavy atom. The first-order valence-corrected chi connectivity index (χ1v) is 7.45. The van der Waals surface area contributed by atoms with E-state index in [0.717, 1.165) is 18.0 Å². The zero-order chi connectivity index (χ0) is 12.6. The molecular weight excluding hydrogens is 218 g/mol. The molecular formula is C17H25N. The molecule has 0 spiro atoms. The topological polar surface area (TPSA) is 12.0 Å². The zero-order valence-electron chi connectivity index (χ0n) is 11.7. The molecule has 0 radical (unpaired) electrons. The summed E-state index contributed by atoms with van der Waals surface area (Å²) in [5, 5.41) is 3.90. The molecule has 1 nitrogen and oxygen atoms in total. The maximum atomic E-state index is 3.90. The van der Waals surface area contributed by atoms with Crippen molar-refractivity contribution in [2.24, 2.45) is 5.41 Å². The van der Waals surface area contributed by atoms with Crippen LogP contribution in [0.15, 0.2) is 30.3 Å². The van der Waals surface area contributed by atoms with E-state index in [0.29, 0.717) is 5.41 Å². The Bertz CT molecular complexity index is 395. The Kier molecular flexibility index (Phi) is 3.19. The van der Waals surface area contributed by atoms with Crippen LogP contribution in [0.4, 0.5) is 0 Å². The Morgan fingerprint density at radius 2 is 1.94 bits per heavy atom. The molecule has 2 aliphatic rings. The van der Waals surface area contributed by atoms with Gasteiger partial charge in [-0.2, -0.15) is 0 Å². The molecule has 0 saturated heterocycles. The van der Waals surface area contributed by atoms with E-state index < -0.39 is 0 Å². The van der Waals surface area contributed by atoms with E-state index in [4.69, 9.17) is 0 Å². The van der Waals surface area contributed by atoms with Gasteiger partial charge in [0.05, 0.1) is 0 Å². The largest absolute Gasteiger partial charge is 0.311 e. The third-order valence-electron chi connectivity index (χ3n) is 4.67. The van der Waals surface area contributed by atoms with Crippen molar-refractivity contribution >= 4 is 0 Å². The molecule has 1 heteroatoms. The molecule has 3 unspecified atom stereocenters. The summed E-state index contributed by atoms with van der Waals surface area (Å²) in [4.78, 5) is 0. The van der Waals surface area contributed by atoms with E-state index in [2.05, 4.69) is 49.5 Å². The molecule has 0 bridgehead atoms. The Hall–Kier alpha value is -0.820. The van der Waals surface area contributed by atoms with E-state index in [1.165, 1.54) is 37.7 Å².